The molecule has 1 aromatic carbocycles. The highest BCUT2D eigenvalue weighted by molar-refractivity contribution is 6.25. The summed E-state index contributed by atoms with van der Waals surface area (Å²) in [7, 11) is 0. The Bertz CT molecular complexity index is 216. The lowest BCUT2D eigenvalue weighted by Gasteiger charge is -1.94. The van der Waals surface area contributed by atoms with Gasteiger partial charge in [0.05, 0.1) is 0 Å². The lowest BCUT2D eigenvalue weighted by atomic mass is 10.2. The van der Waals surface area contributed by atoms with Gasteiger partial charge < -0.3 is 5.73 Å². The van der Waals surface area contributed by atoms with E-state index in [1.165, 1.54) is 11.1 Å². The lowest BCUT2D eigenvalue weighted by Crippen LogP contribution is -1.84. The fraction of sp³-hybridized carbons (Fsp3) is 0.200. The van der Waals surface area contributed by atoms with Crippen LogP contribution in [-0.4, -0.2) is 0 Å². The first-order valence-electron chi connectivity index (χ1n) is 3.80. The van der Waals surface area contributed by atoms with Gasteiger partial charge in [-0.3, -0.25) is 0 Å². The van der Waals surface area contributed by atoms with Crippen molar-refractivity contribution in [3.05, 3.63) is 41.9 Å². The highest BCUT2D eigenvalue weighted by Crippen LogP contribution is 2.04. The van der Waals surface area contributed by atoms with Gasteiger partial charge in [0.1, 0.15) is 0 Å². The van der Waals surface area contributed by atoms with Crippen molar-refractivity contribution in [3.8, 4) is 0 Å². The van der Waals surface area contributed by atoms with Crippen LogP contribution in [0, 0.1) is 0 Å². The van der Waals surface area contributed by atoms with Crippen LogP contribution in [0.4, 0.5) is 5.69 Å². The predicted octanol–water partition coefficient (Wildman–Crippen LogP) is 3.20. The fourth-order valence-electron chi connectivity index (χ4n) is 0.753. The van der Waals surface area contributed by atoms with Crippen LogP contribution in [0.1, 0.15) is 12.5 Å². The third kappa shape index (κ3) is 4.80. The standard InChI is InChI=1S/C8H11N.C2H3Cl/c1-2-7-3-5-8(9)6-4-7;1-2-3/h3-6H,2,9H2,1H3;2H,1H2. The Balaban J connectivity index is 0.000000354. The zero-order chi connectivity index (χ0) is 9.40. The average Bonchev–Trinajstić information content (AvgIpc) is 2.07. The number of rotatable bonds is 1. The minimum absolute atomic E-state index is 0.840. The molecule has 0 spiro atoms. The SMILES string of the molecule is C=CCl.CCc1ccc(N)cc1. The van der Waals surface area contributed by atoms with Gasteiger partial charge in [0.25, 0.3) is 0 Å². The van der Waals surface area contributed by atoms with Gasteiger partial charge >= 0.3 is 0 Å². The summed E-state index contributed by atoms with van der Waals surface area (Å²) in [6.45, 7) is 5.26. The van der Waals surface area contributed by atoms with Crippen LogP contribution in [-0.2, 0) is 6.42 Å². The molecule has 0 amide bonds. The molecule has 2 N–H and O–H groups in total. The summed E-state index contributed by atoms with van der Waals surface area (Å²) in [6.07, 6.45) is 1.08. The molecule has 0 saturated carbocycles. The van der Waals surface area contributed by atoms with Crippen LogP contribution in [0.2, 0.25) is 0 Å². The molecule has 0 aliphatic rings. The van der Waals surface area contributed by atoms with Crippen molar-refractivity contribution in [1.82, 2.24) is 0 Å². The van der Waals surface area contributed by atoms with Crippen LogP contribution in [0.3, 0.4) is 0 Å². The van der Waals surface area contributed by atoms with Gasteiger partial charge in [-0.05, 0) is 29.7 Å². The Morgan fingerprint density at radius 3 is 2.17 bits per heavy atom. The van der Waals surface area contributed by atoms with E-state index in [9.17, 15) is 0 Å². The zero-order valence-corrected chi connectivity index (χ0v) is 8.01. The molecule has 0 aromatic heterocycles. The van der Waals surface area contributed by atoms with Crippen molar-refractivity contribution in [2.45, 2.75) is 13.3 Å². The lowest BCUT2D eigenvalue weighted by molar-refractivity contribution is 1.14. The second-order valence-electron chi connectivity index (χ2n) is 2.25. The van der Waals surface area contributed by atoms with Gasteiger partial charge in [-0.2, -0.15) is 0 Å². The van der Waals surface area contributed by atoms with E-state index in [4.69, 9.17) is 17.3 Å². The smallest absolute Gasteiger partial charge is 0.0314 e. The van der Waals surface area contributed by atoms with Crippen LogP contribution >= 0.6 is 11.6 Å². The van der Waals surface area contributed by atoms with E-state index in [2.05, 4.69) is 25.6 Å². The monoisotopic (exact) mass is 183 g/mol. The second-order valence-corrected chi connectivity index (χ2v) is 2.56. The van der Waals surface area contributed by atoms with E-state index in [1.54, 1.807) is 0 Å². The molecule has 12 heavy (non-hydrogen) atoms. The molecule has 0 atom stereocenters. The number of nitrogen functional groups attached to an aromatic ring is 1. The molecular formula is C10H14ClN. The van der Waals surface area contributed by atoms with Gasteiger partial charge in [0.15, 0.2) is 0 Å². The molecule has 1 aromatic rings. The van der Waals surface area contributed by atoms with Crippen molar-refractivity contribution in [2.75, 3.05) is 5.73 Å². The quantitative estimate of drug-likeness (QED) is 0.665. The number of nitrogens with two attached hydrogens (primary N) is 1. The maximum absolute atomic E-state index is 5.48. The van der Waals surface area contributed by atoms with Crippen molar-refractivity contribution in [1.29, 1.82) is 0 Å². The van der Waals surface area contributed by atoms with Crippen molar-refractivity contribution >= 4 is 17.3 Å². The maximum Gasteiger partial charge on any atom is 0.0314 e. The molecular weight excluding hydrogens is 170 g/mol. The summed E-state index contributed by atoms with van der Waals surface area (Å²) in [5.41, 5.74) is 8.88. The number of hydrogen-bond acceptors (Lipinski definition) is 1. The van der Waals surface area contributed by atoms with Crippen molar-refractivity contribution in [2.24, 2.45) is 0 Å². The molecule has 0 aliphatic carbocycles. The molecule has 0 bridgehead atoms. The third-order valence-corrected chi connectivity index (χ3v) is 1.39. The van der Waals surface area contributed by atoms with E-state index in [1.807, 2.05) is 12.1 Å². The van der Waals surface area contributed by atoms with E-state index >= 15 is 0 Å². The largest absolute Gasteiger partial charge is 0.399 e. The number of hydrogen-bond donors (Lipinski definition) is 1. The minimum atomic E-state index is 0.840. The minimum Gasteiger partial charge on any atom is -0.399 e. The molecule has 0 unspecified atom stereocenters. The number of halogens is 1. The topological polar surface area (TPSA) is 26.0 Å². The molecule has 1 rings (SSSR count). The van der Waals surface area contributed by atoms with Gasteiger partial charge in [-0.1, -0.05) is 37.2 Å². The summed E-state index contributed by atoms with van der Waals surface area (Å²) < 4.78 is 0. The Morgan fingerprint density at radius 2 is 1.83 bits per heavy atom. The number of aryl methyl sites for hydroxylation is 1. The van der Waals surface area contributed by atoms with Gasteiger partial charge in [0.2, 0.25) is 0 Å². The first-order chi connectivity index (χ1) is 5.74. The Labute approximate surface area is 78.9 Å². The van der Waals surface area contributed by atoms with Crippen LogP contribution in [0.15, 0.2) is 36.4 Å². The Morgan fingerprint density at radius 1 is 1.42 bits per heavy atom. The van der Waals surface area contributed by atoms with E-state index in [-0.39, 0.29) is 0 Å². The number of benzene rings is 1. The van der Waals surface area contributed by atoms with E-state index in [0.29, 0.717) is 0 Å². The molecule has 2 heteroatoms. The normalized spacial score (nSPS) is 8.17. The summed E-state index contributed by atoms with van der Waals surface area (Å²) in [5, 5.41) is 0. The maximum atomic E-state index is 5.48. The first-order valence-corrected chi connectivity index (χ1v) is 4.23. The molecule has 66 valence electrons. The van der Waals surface area contributed by atoms with E-state index < -0.39 is 0 Å². The van der Waals surface area contributed by atoms with E-state index in [0.717, 1.165) is 12.1 Å². The average molecular weight is 184 g/mol. The fourth-order valence-corrected chi connectivity index (χ4v) is 0.753. The van der Waals surface area contributed by atoms with Crippen LogP contribution in [0.25, 0.3) is 0 Å². The summed E-state index contributed by atoms with van der Waals surface area (Å²) in [4.78, 5) is 0. The molecule has 1 nitrogen and oxygen atoms in total. The molecule has 0 saturated heterocycles. The molecule has 0 radical (unpaired) electrons. The zero-order valence-electron chi connectivity index (χ0n) is 7.26. The summed E-state index contributed by atoms with van der Waals surface area (Å²) >= 11 is 4.76. The highest BCUT2D eigenvalue weighted by atomic mass is 35.5. The Hall–Kier alpha value is -0.950. The second kappa shape index (κ2) is 6.74. The molecule has 0 fully saturated rings. The van der Waals surface area contributed by atoms with Crippen molar-refractivity contribution in [3.63, 3.8) is 0 Å². The summed E-state index contributed by atoms with van der Waals surface area (Å²) in [5.74, 6) is 0. The van der Waals surface area contributed by atoms with Crippen LogP contribution < -0.4 is 5.73 Å². The molecule has 0 heterocycles. The Kier molecular flexibility index (Phi) is 6.21. The predicted molar refractivity (Wildman–Crippen MR) is 56.3 cm³/mol. The van der Waals surface area contributed by atoms with Crippen LogP contribution in [0.5, 0.6) is 0 Å². The van der Waals surface area contributed by atoms with Gasteiger partial charge in [-0.15, -0.1) is 0 Å². The van der Waals surface area contributed by atoms with Crippen molar-refractivity contribution < 1.29 is 0 Å². The first kappa shape index (κ1) is 11.1. The molecule has 0 aliphatic heterocycles. The van der Waals surface area contributed by atoms with Gasteiger partial charge in [-0.25, -0.2) is 0 Å². The van der Waals surface area contributed by atoms with Gasteiger partial charge in [0, 0.05) is 5.69 Å². The summed E-state index contributed by atoms with van der Waals surface area (Å²) in [6, 6.07) is 7.96. The highest BCUT2D eigenvalue weighted by Gasteiger charge is 1.85. The number of anilines is 1. The third-order valence-electron chi connectivity index (χ3n) is 1.39.